The molecule has 0 aliphatic carbocycles. The largest absolute Gasteiger partial charge is 0.497 e. The van der Waals surface area contributed by atoms with Crippen LogP contribution >= 0.6 is 0 Å². The Morgan fingerprint density at radius 3 is 2.36 bits per heavy atom. The van der Waals surface area contributed by atoms with Crippen LogP contribution in [0, 0.1) is 0 Å². The topological polar surface area (TPSA) is 101 Å². The normalized spacial score (nSPS) is 15.6. The molecule has 0 spiro atoms. The first-order valence-electron chi connectivity index (χ1n) is 11.2. The second kappa shape index (κ2) is 11.0. The van der Waals surface area contributed by atoms with Gasteiger partial charge in [0, 0.05) is 6.20 Å². The number of hydrogen-bond donors (Lipinski definition) is 1. The molecular formula is C26H26N4O5S. The smallest absolute Gasteiger partial charge is 0.339 e. The number of hydrazine groups is 1. The monoisotopic (exact) mass is 506 g/mol. The SMILES string of the molecule is COc1cccc(CC(=O)NN=CN2C=C(S(=O)(=O)Oc3ccccc3)C(C)N2c2ccccc2)c1. The first-order valence-corrected chi connectivity index (χ1v) is 12.6. The van der Waals surface area contributed by atoms with Crippen molar-refractivity contribution < 1.29 is 22.1 Å². The van der Waals surface area contributed by atoms with E-state index < -0.39 is 16.2 Å². The van der Waals surface area contributed by atoms with E-state index in [4.69, 9.17) is 8.92 Å². The maximum atomic E-state index is 13.1. The molecule has 9 nitrogen and oxygen atoms in total. The fraction of sp³-hybridized carbons (Fsp3) is 0.154. The Balaban J connectivity index is 1.53. The molecule has 186 valence electrons. The second-order valence-electron chi connectivity index (χ2n) is 7.93. The van der Waals surface area contributed by atoms with Crippen molar-refractivity contribution in [3.63, 3.8) is 0 Å². The number of benzene rings is 3. The summed E-state index contributed by atoms with van der Waals surface area (Å²) in [4.78, 5) is 12.4. The number of nitrogens with zero attached hydrogens (tertiary/aromatic N) is 3. The molecule has 1 atom stereocenters. The van der Waals surface area contributed by atoms with Gasteiger partial charge < -0.3 is 8.92 Å². The second-order valence-corrected chi connectivity index (χ2v) is 9.47. The number of carbonyl (C=O) groups is 1. The number of hydrazone groups is 1. The van der Waals surface area contributed by atoms with Gasteiger partial charge in [-0.05, 0) is 48.9 Å². The van der Waals surface area contributed by atoms with Gasteiger partial charge in [-0.15, -0.1) is 0 Å². The van der Waals surface area contributed by atoms with E-state index in [1.54, 1.807) is 67.6 Å². The predicted molar refractivity (Wildman–Crippen MR) is 138 cm³/mol. The maximum Gasteiger partial charge on any atom is 0.339 e. The van der Waals surface area contributed by atoms with Crippen LogP contribution in [0.15, 0.2) is 101 Å². The molecule has 0 radical (unpaired) electrons. The van der Waals surface area contributed by atoms with E-state index in [1.807, 2.05) is 36.4 Å². The standard InChI is InChI=1S/C26H26N4O5S/c1-20-25(36(32,33)35-23-13-7-4-8-14-23)18-29(30(20)22-11-5-3-6-12-22)19-27-28-26(31)17-21-10-9-15-24(16-21)34-2/h3-16,18-20H,17H2,1-2H3,(H,28,31). The molecule has 0 saturated carbocycles. The summed E-state index contributed by atoms with van der Waals surface area (Å²) in [6.07, 6.45) is 2.87. The van der Waals surface area contributed by atoms with Crippen molar-refractivity contribution in [2.24, 2.45) is 5.10 Å². The molecule has 36 heavy (non-hydrogen) atoms. The van der Waals surface area contributed by atoms with Crippen LogP contribution in [0.2, 0.25) is 0 Å². The van der Waals surface area contributed by atoms with Crippen molar-refractivity contribution in [3.05, 3.63) is 102 Å². The van der Waals surface area contributed by atoms with E-state index in [9.17, 15) is 13.2 Å². The van der Waals surface area contributed by atoms with E-state index in [0.29, 0.717) is 5.75 Å². The Bertz CT molecular complexity index is 1360. The zero-order valence-electron chi connectivity index (χ0n) is 19.8. The number of nitrogens with one attached hydrogen (secondary N) is 1. The van der Waals surface area contributed by atoms with Gasteiger partial charge in [0.15, 0.2) is 0 Å². The van der Waals surface area contributed by atoms with Crippen LogP contribution in [0.5, 0.6) is 11.5 Å². The summed E-state index contributed by atoms with van der Waals surface area (Å²) in [5.41, 5.74) is 4.00. The Kier molecular flexibility index (Phi) is 7.55. The van der Waals surface area contributed by atoms with Gasteiger partial charge in [-0.1, -0.05) is 48.5 Å². The molecule has 1 aliphatic rings. The lowest BCUT2D eigenvalue weighted by Crippen LogP contribution is -2.41. The van der Waals surface area contributed by atoms with Crippen LogP contribution in [0.1, 0.15) is 12.5 Å². The lowest BCUT2D eigenvalue weighted by molar-refractivity contribution is -0.120. The molecule has 0 aromatic heterocycles. The van der Waals surface area contributed by atoms with Gasteiger partial charge in [0.25, 0.3) is 0 Å². The Morgan fingerprint density at radius 2 is 1.67 bits per heavy atom. The highest BCUT2D eigenvalue weighted by atomic mass is 32.2. The summed E-state index contributed by atoms with van der Waals surface area (Å²) in [6, 6.07) is 24.2. The maximum absolute atomic E-state index is 13.1. The van der Waals surface area contributed by atoms with Crippen molar-refractivity contribution in [2.45, 2.75) is 19.4 Å². The van der Waals surface area contributed by atoms with Gasteiger partial charge in [0.1, 0.15) is 22.7 Å². The van der Waals surface area contributed by atoms with Gasteiger partial charge >= 0.3 is 10.1 Å². The number of amides is 1. The Hall–Kier alpha value is -4.31. The highest BCUT2D eigenvalue weighted by Crippen LogP contribution is 2.32. The van der Waals surface area contributed by atoms with Crippen LogP contribution in [0.4, 0.5) is 5.69 Å². The molecule has 0 saturated heterocycles. The quantitative estimate of drug-likeness (QED) is 0.205. The summed E-state index contributed by atoms with van der Waals surface area (Å²) >= 11 is 0. The molecule has 1 unspecified atom stereocenters. The lowest BCUT2D eigenvalue weighted by atomic mass is 10.1. The minimum atomic E-state index is -4.11. The highest BCUT2D eigenvalue weighted by molar-refractivity contribution is 7.91. The van der Waals surface area contributed by atoms with Gasteiger partial charge in [-0.25, -0.2) is 10.4 Å². The van der Waals surface area contributed by atoms with Crippen LogP contribution < -0.4 is 19.4 Å². The first kappa shape index (κ1) is 24.8. The van der Waals surface area contributed by atoms with Crippen LogP contribution in [0.25, 0.3) is 0 Å². The van der Waals surface area contributed by atoms with Crippen LogP contribution in [-0.4, -0.2) is 38.8 Å². The van der Waals surface area contributed by atoms with Gasteiger partial charge in [0.2, 0.25) is 5.91 Å². The first-order chi connectivity index (χ1) is 17.4. The minimum Gasteiger partial charge on any atom is -0.497 e. The molecule has 1 heterocycles. The summed E-state index contributed by atoms with van der Waals surface area (Å²) in [5, 5.41) is 7.29. The molecule has 1 N–H and O–H groups in total. The van der Waals surface area contributed by atoms with E-state index in [1.165, 1.54) is 17.5 Å². The third-order valence-electron chi connectivity index (χ3n) is 5.41. The molecular weight excluding hydrogens is 480 g/mol. The number of methoxy groups -OCH3 is 1. The van der Waals surface area contributed by atoms with Crippen LogP contribution in [-0.2, 0) is 21.3 Å². The number of anilines is 1. The zero-order chi connectivity index (χ0) is 25.5. The predicted octanol–water partition coefficient (Wildman–Crippen LogP) is 3.67. The fourth-order valence-electron chi connectivity index (χ4n) is 3.74. The molecule has 0 bridgehead atoms. The summed E-state index contributed by atoms with van der Waals surface area (Å²) < 4.78 is 36.7. The van der Waals surface area contributed by atoms with Gasteiger partial charge in [-0.3, -0.25) is 9.80 Å². The number of hydrogen-bond acceptors (Lipinski definition) is 7. The fourth-order valence-corrected chi connectivity index (χ4v) is 4.95. The third-order valence-corrected chi connectivity index (χ3v) is 6.85. The average molecular weight is 507 g/mol. The van der Waals surface area contributed by atoms with Crippen molar-refractivity contribution in [1.82, 2.24) is 10.4 Å². The van der Waals surface area contributed by atoms with E-state index in [-0.39, 0.29) is 23.0 Å². The van der Waals surface area contributed by atoms with Gasteiger partial charge in [-0.2, -0.15) is 13.5 Å². The van der Waals surface area contributed by atoms with E-state index in [0.717, 1.165) is 11.3 Å². The van der Waals surface area contributed by atoms with Crippen molar-refractivity contribution >= 4 is 28.1 Å². The molecule has 4 rings (SSSR count). The summed E-state index contributed by atoms with van der Waals surface area (Å²) in [7, 11) is -2.55. The highest BCUT2D eigenvalue weighted by Gasteiger charge is 2.38. The van der Waals surface area contributed by atoms with Crippen molar-refractivity contribution in [3.8, 4) is 11.5 Å². The number of ether oxygens (including phenoxy) is 1. The van der Waals surface area contributed by atoms with Crippen molar-refractivity contribution in [1.29, 1.82) is 0 Å². The van der Waals surface area contributed by atoms with Crippen molar-refractivity contribution in [2.75, 3.05) is 12.1 Å². The average Bonchev–Trinajstić information content (AvgIpc) is 3.21. The lowest BCUT2D eigenvalue weighted by Gasteiger charge is -2.31. The third kappa shape index (κ3) is 5.84. The number of para-hydroxylation sites is 2. The Labute approximate surface area is 210 Å². The van der Waals surface area contributed by atoms with Crippen LogP contribution in [0.3, 0.4) is 0 Å². The molecule has 1 aliphatic heterocycles. The molecule has 0 fully saturated rings. The Morgan fingerprint density at radius 1 is 1.00 bits per heavy atom. The number of rotatable bonds is 9. The molecule has 3 aromatic carbocycles. The van der Waals surface area contributed by atoms with E-state index in [2.05, 4.69) is 10.5 Å². The zero-order valence-corrected chi connectivity index (χ0v) is 20.6. The minimum absolute atomic E-state index is 0.0457. The summed E-state index contributed by atoms with van der Waals surface area (Å²) in [6.45, 7) is 1.75. The van der Waals surface area contributed by atoms with E-state index >= 15 is 0 Å². The molecule has 3 aromatic rings. The molecule has 10 heteroatoms. The summed E-state index contributed by atoms with van der Waals surface area (Å²) in [5.74, 6) is 0.543. The molecule has 1 amide bonds. The van der Waals surface area contributed by atoms with Gasteiger partial charge in [0.05, 0.1) is 25.3 Å². The number of carbonyl (C=O) groups excluding carboxylic acids is 1.